The lowest BCUT2D eigenvalue weighted by atomic mass is 10.0. The molecule has 332 valence electrons. The molecule has 5 aromatic rings. The van der Waals surface area contributed by atoms with Gasteiger partial charge >= 0.3 is 30.0 Å². The van der Waals surface area contributed by atoms with E-state index in [0.29, 0.717) is 12.1 Å². The number of nitrogens with zero attached hydrogens (tertiary/aromatic N) is 6. The lowest BCUT2D eigenvalue weighted by molar-refractivity contribution is -0.398. The Bertz CT molecular complexity index is 2690. The number of hydrogen-bond donors (Lipinski definition) is 1. The highest BCUT2D eigenvalue weighted by Gasteiger charge is 2.82. The maximum Gasteiger partial charge on any atom is 0.460 e. The number of anilines is 1. The summed E-state index contributed by atoms with van der Waals surface area (Å²) in [6.45, 7) is 1.62. The number of sulfonamides is 1. The van der Waals surface area contributed by atoms with Crippen molar-refractivity contribution in [3.8, 4) is 11.6 Å². The van der Waals surface area contributed by atoms with E-state index in [0.717, 1.165) is 45.1 Å². The molecule has 61 heavy (non-hydrogen) atoms. The molecule has 26 heteroatoms. The third-order valence-corrected chi connectivity index (χ3v) is 10.1. The van der Waals surface area contributed by atoms with E-state index >= 15 is 0 Å². The molecular formula is C35H31ClF11N7O6S. The molecule has 0 spiro atoms. The summed E-state index contributed by atoms with van der Waals surface area (Å²) in [5, 5.41) is 6.02. The van der Waals surface area contributed by atoms with Crippen molar-refractivity contribution in [3.63, 3.8) is 0 Å². The van der Waals surface area contributed by atoms with Crippen molar-refractivity contribution in [1.82, 2.24) is 29.6 Å². The number of aromatic nitrogens is 5. The highest BCUT2D eigenvalue weighted by atomic mass is 35.5. The summed E-state index contributed by atoms with van der Waals surface area (Å²) in [4.78, 5) is 36.0. The monoisotopic (exact) mass is 921 g/mol. The van der Waals surface area contributed by atoms with E-state index in [2.05, 4.69) is 25.1 Å². The summed E-state index contributed by atoms with van der Waals surface area (Å²) < 4.78 is 189. The first kappa shape index (κ1) is 46.6. The summed E-state index contributed by atoms with van der Waals surface area (Å²) in [5.41, 5.74) is -3.51. The van der Waals surface area contributed by atoms with Crippen LogP contribution in [0.4, 0.5) is 58.9 Å². The second-order valence-corrected chi connectivity index (χ2v) is 16.8. The Morgan fingerprint density at radius 2 is 1.54 bits per heavy atom. The normalized spacial score (nSPS) is 13.7. The minimum absolute atomic E-state index is 0.0490. The average Bonchev–Trinajstić information content (AvgIpc) is 3.45. The number of aryl methyl sites for hydroxylation is 1. The van der Waals surface area contributed by atoms with Gasteiger partial charge < -0.3 is 14.8 Å². The van der Waals surface area contributed by atoms with Gasteiger partial charge in [-0.2, -0.15) is 49.6 Å². The van der Waals surface area contributed by atoms with E-state index in [9.17, 15) is 66.3 Å². The number of carbonyl (C=O) groups excluding carboxylic acids is 1. The van der Waals surface area contributed by atoms with Gasteiger partial charge in [-0.3, -0.25) is 18.3 Å². The van der Waals surface area contributed by atoms with Crippen LogP contribution in [-0.4, -0.2) is 88.3 Å². The Morgan fingerprint density at radius 3 is 2.10 bits per heavy atom. The number of halogens is 12. The number of carbonyl (C=O) groups is 1. The number of fused-ring (bicyclic) bond motifs is 2. The molecule has 0 radical (unpaired) electrons. The fourth-order valence-electron chi connectivity index (χ4n) is 5.79. The van der Waals surface area contributed by atoms with Crippen molar-refractivity contribution in [2.24, 2.45) is 7.05 Å². The predicted molar refractivity (Wildman–Crippen MR) is 196 cm³/mol. The fourth-order valence-corrected chi connectivity index (χ4v) is 6.47. The van der Waals surface area contributed by atoms with E-state index in [-0.39, 0.29) is 33.0 Å². The van der Waals surface area contributed by atoms with E-state index in [1.54, 1.807) is 0 Å². The standard InChI is InChI=1S/C35H31ClF11N7O6S/c1-31(2,3)60-30(56)48-21(13-16-11-17(37)14-18(38)12-16)27-50-26-19(7-10-23(49-26)59-15-32(39,40)33(41,42)34(43,44)35(45,46)47)29(55)54(27)22-9-8-20(36)24-25(22)52(4)51-28(24)53(5)61(6,57)58/h7-12,14,21H,13,15H2,1-6H3,(H,48,56). The molecule has 0 saturated heterocycles. The van der Waals surface area contributed by atoms with E-state index in [4.69, 9.17) is 16.3 Å². The maximum absolute atomic E-state index is 14.6. The van der Waals surface area contributed by atoms with Crippen molar-refractivity contribution in [3.05, 3.63) is 80.9 Å². The van der Waals surface area contributed by atoms with Gasteiger partial charge in [-0.05, 0) is 56.7 Å². The van der Waals surface area contributed by atoms with Crippen LogP contribution in [0.15, 0.2) is 47.3 Å². The zero-order valence-electron chi connectivity index (χ0n) is 32.1. The summed E-state index contributed by atoms with van der Waals surface area (Å²) in [7, 11) is -1.51. The molecule has 5 rings (SSSR count). The molecule has 3 aromatic heterocycles. The Kier molecular flexibility index (Phi) is 12.1. The molecule has 0 saturated carbocycles. The van der Waals surface area contributed by atoms with Crippen LogP contribution in [0.1, 0.15) is 38.2 Å². The maximum atomic E-state index is 14.6. The Morgan fingerprint density at radius 1 is 0.934 bits per heavy atom. The topological polar surface area (TPSA) is 151 Å². The van der Waals surface area contributed by atoms with Crippen LogP contribution in [0.25, 0.3) is 27.6 Å². The number of ether oxygens (including phenoxy) is 2. The van der Waals surface area contributed by atoms with E-state index in [1.807, 2.05) is 0 Å². The number of alkyl carbamates (subject to hydrolysis) is 1. The molecule has 3 heterocycles. The molecule has 0 aliphatic heterocycles. The Hall–Kier alpha value is -5.46. The lowest BCUT2D eigenvalue weighted by Gasteiger charge is -2.33. The number of nitrogens with one attached hydrogen (secondary N) is 1. The van der Waals surface area contributed by atoms with Crippen molar-refractivity contribution in [2.75, 3.05) is 24.2 Å². The molecule has 1 N–H and O–H groups in total. The van der Waals surface area contributed by atoms with Crippen LogP contribution >= 0.6 is 11.6 Å². The van der Waals surface area contributed by atoms with Crippen LogP contribution in [0.2, 0.25) is 5.02 Å². The highest BCUT2D eigenvalue weighted by Crippen LogP contribution is 2.53. The lowest BCUT2D eigenvalue weighted by Crippen LogP contribution is -2.62. The van der Waals surface area contributed by atoms with Gasteiger partial charge in [0.05, 0.1) is 39.3 Å². The molecule has 2 aromatic carbocycles. The van der Waals surface area contributed by atoms with Crippen molar-refractivity contribution in [1.29, 1.82) is 0 Å². The molecule has 0 aliphatic rings. The van der Waals surface area contributed by atoms with Gasteiger partial charge in [0.2, 0.25) is 15.9 Å². The third-order valence-electron chi connectivity index (χ3n) is 8.64. The van der Waals surface area contributed by atoms with Gasteiger partial charge in [-0.1, -0.05) is 11.6 Å². The second-order valence-electron chi connectivity index (χ2n) is 14.4. The third kappa shape index (κ3) is 9.11. The van der Waals surface area contributed by atoms with Gasteiger partial charge in [0.1, 0.15) is 23.1 Å². The van der Waals surface area contributed by atoms with Gasteiger partial charge in [0.15, 0.2) is 18.1 Å². The van der Waals surface area contributed by atoms with Crippen molar-refractivity contribution < 1.29 is 71.0 Å². The number of hydrogen-bond acceptors (Lipinski definition) is 9. The number of alkyl halides is 9. The Labute approximate surface area is 342 Å². The first-order valence-corrected chi connectivity index (χ1v) is 19.3. The molecule has 1 unspecified atom stereocenters. The molecule has 13 nitrogen and oxygen atoms in total. The molecule has 0 aliphatic carbocycles. The van der Waals surface area contributed by atoms with E-state index in [1.165, 1.54) is 40.0 Å². The molecular weight excluding hydrogens is 891 g/mol. The van der Waals surface area contributed by atoms with Crippen LogP contribution in [0.3, 0.4) is 0 Å². The van der Waals surface area contributed by atoms with Crippen LogP contribution in [0, 0.1) is 11.6 Å². The molecule has 0 bridgehead atoms. The van der Waals surface area contributed by atoms with Crippen LogP contribution in [0.5, 0.6) is 5.88 Å². The number of amides is 1. The van der Waals surface area contributed by atoms with Crippen molar-refractivity contribution in [2.45, 2.75) is 62.8 Å². The van der Waals surface area contributed by atoms with Gasteiger partial charge in [-0.25, -0.2) is 27.0 Å². The summed E-state index contributed by atoms with van der Waals surface area (Å²) >= 11 is 6.54. The summed E-state index contributed by atoms with van der Waals surface area (Å²) in [6, 6.07) is 4.39. The highest BCUT2D eigenvalue weighted by molar-refractivity contribution is 7.92. The first-order valence-electron chi connectivity index (χ1n) is 17.1. The van der Waals surface area contributed by atoms with Crippen LogP contribution < -0.4 is 19.9 Å². The molecule has 1 amide bonds. The van der Waals surface area contributed by atoms with Crippen molar-refractivity contribution >= 4 is 55.5 Å². The van der Waals surface area contributed by atoms with Gasteiger partial charge in [0, 0.05) is 32.6 Å². The van der Waals surface area contributed by atoms with E-state index < -0.39 is 105 Å². The first-order chi connectivity index (χ1) is 27.8. The van der Waals surface area contributed by atoms with Gasteiger partial charge in [-0.15, -0.1) is 0 Å². The summed E-state index contributed by atoms with van der Waals surface area (Å²) in [6.07, 6.45) is -8.04. The van der Waals surface area contributed by atoms with Crippen LogP contribution in [-0.2, 0) is 28.2 Å². The smallest absolute Gasteiger partial charge is 0.460 e. The largest absolute Gasteiger partial charge is 0.471 e. The minimum atomic E-state index is -7.21. The minimum Gasteiger partial charge on any atom is -0.471 e. The Balaban J connectivity index is 1.79. The molecule has 0 fully saturated rings. The zero-order chi connectivity index (χ0) is 46.0. The quantitative estimate of drug-likeness (QED) is 0.125. The second kappa shape index (κ2) is 15.8. The average molecular weight is 922 g/mol. The number of rotatable bonds is 12. The number of benzene rings is 2. The predicted octanol–water partition coefficient (Wildman–Crippen LogP) is 7.65. The summed E-state index contributed by atoms with van der Waals surface area (Å²) in [5.74, 6) is -24.6. The SMILES string of the molecule is CN(c1nn(C)c2c(-n3c(C(Cc4cc(F)cc(F)c4)NC(=O)OC(C)(C)C)nc4nc(OCC(F)(F)C(F)(F)C(F)(F)C(F)(F)F)ccc4c3=O)ccc(Cl)c12)S(C)(=O)=O. The fraction of sp³-hybridized carbons (Fsp3) is 0.400. The number of pyridine rings is 1. The zero-order valence-corrected chi connectivity index (χ0v) is 33.7. The molecule has 1 atom stereocenters. The van der Waals surface area contributed by atoms with Gasteiger partial charge in [0.25, 0.3) is 5.56 Å².